The first kappa shape index (κ1) is 11.5. The maximum Gasteiger partial charge on any atom is 0.206 e. The van der Waals surface area contributed by atoms with E-state index in [-0.39, 0.29) is 11.4 Å². The van der Waals surface area contributed by atoms with Gasteiger partial charge in [0.05, 0.1) is 4.90 Å². The van der Waals surface area contributed by atoms with Crippen LogP contribution in [0.4, 0.5) is 0 Å². The van der Waals surface area contributed by atoms with Gasteiger partial charge in [0.1, 0.15) is 0 Å². The van der Waals surface area contributed by atoms with E-state index in [0.717, 1.165) is 0 Å². The van der Waals surface area contributed by atoms with E-state index in [1.807, 2.05) is 0 Å². The third-order valence-corrected chi connectivity index (χ3v) is 3.79. The Bertz CT molecular complexity index is 401. The van der Waals surface area contributed by atoms with E-state index in [1.165, 1.54) is 24.3 Å². The number of rotatable bonds is 3. The zero-order chi connectivity index (χ0) is 10.8. The minimum Gasteiger partial charge on any atom is -0.376 e. The third-order valence-electron chi connectivity index (χ3n) is 1.70. The summed E-state index contributed by atoms with van der Waals surface area (Å²) in [5.41, 5.74) is 3.50. The molecular weight excluding hydrogens is 226 g/mol. The predicted octanol–water partition coefficient (Wildman–Crippen LogP) is 0.391. The van der Waals surface area contributed by atoms with Gasteiger partial charge in [-0.2, -0.15) is 0 Å². The van der Waals surface area contributed by atoms with Crippen LogP contribution in [0, 0.1) is 0 Å². The lowest BCUT2D eigenvalue weighted by Gasteiger charge is -2.09. The van der Waals surface area contributed by atoms with Crippen molar-refractivity contribution in [3.8, 4) is 0 Å². The van der Waals surface area contributed by atoms with Crippen molar-refractivity contribution >= 4 is 21.4 Å². The van der Waals surface area contributed by atoms with E-state index in [1.54, 1.807) is 0 Å². The second-order valence-corrected chi connectivity index (χ2v) is 5.23. The molecule has 78 valence electrons. The van der Waals surface area contributed by atoms with Gasteiger partial charge in [-0.15, -0.1) is 0 Å². The van der Waals surface area contributed by atoms with Gasteiger partial charge in [-0.05, 0) is 24.3 Å². The molecule has 1 rings (SSSR count). The highest BCUT2D eigenvalue weighted by Gasteiger charge is 2.23. The Kier molecular flexibility index (Phi) is 3.49. The summed E-state index contributed by atoms with van der Waals surface area (Å²) < 4.78 is 23.0. The lowest BCUT2D eigenvalue weighted by molar-refractivity contribution is 0.256. The molecule has 0 aliphatic heterocycles. The average Bonchev–Trinajstić information content (AvgIpc) is 2.17. The fourth-order valence-electron chi connectivity index (χ4n) is 0.908. The van der Waals surface area contributed by atoms with E-state index < -0.39 is 15.3 Å². The lowest BCUT2D eigenvalue weighted by Crippen LogP contribution is -2.29. The molecule has 0 saturated heterocycles. The van der Waals surface area contributed by atoms with Crippen molar-refractivity contribution in [2.24, 2.45) is 5.73 Å². The Labute approximate surface area is 87.2 Å². The SMILES string of the molecule is NCC(O)S(=O)(=O)c1ccc(Cl)cc1. The molecule has 14 heavy (non-hydrogen) atoms. The Morgan fingerprint density at radius 1 is 1.36 bits per heavy atom. The van der Waals surface area contributed by atoms with Gasteiger partial charge in [-0.1, -0.05) is 11.6 Å². The van der Waals surface area contributed by atoms with Gasteiger partial charge in [0.25, 0.3) is 0 Å². The second-order valence-electron chi connectivity index (χ2n) is 2.69. The molecule has 0 amide bonds. The zero-order valence-electron chi connectivity index (χ0n) is 7.22. The average molecular weight is 236 g/mol. The fourth-order valence-corrected chi connectivity index (χ4v) is 2.12. The molecule has 6 heteroatoms. The number of hydrogen-bond donors (Lipinski definition) is 2. The molecule has 1 aromatic carbocycles. The van der Waals surface area contributed by atoms with Crippen molar-refractivity contribution in [3.63, 3.8) is 0 Å². The summed E-state index contributed by atoms with van der Waals surface area (Å²) in [4.78, 5) is 0.0138. The number of hydrogen-bond acceptors (Lipinski definition) is 4. The predicted molar refractivity (Wildman–Crippen MR) is 53.7 cm³/mol. The van der Waals surface area contributed by atoms with Crippen molar-refractivity contribution in [1.82, 2.24) is 0 Å². The molecule has 0 radical (unpaired) electrons. The van der Waals surface area contributed by atoms with Crippen molar-refractivity contribution in [2.75, 3.05) is 6.54 Å². The first-order valence-electron chi connectivity index (χ1n) is 3.86. The van der Waals surface area contributed by atoms with Crippen molar-refractivity contribution in [1.29, 1.82) is 0 Å². The molecule has 0 spiro atoms. The minimum atomic E-state index is -3.73. The molecule has 0 aliphatic carbocycles. The monoisotopic (exact) mass is 235 g/mol. The fraction of sp³-hybridized carbons (Fsp3) is 0.250. The van der Waals surface area contributed by atoms with Gasteiger partial charge >= 0.3 is 0 Å². The summed E-state index contributed by atoms with van der Waals surface area (Å²) in [5.74, 6) is 0. The van der Waals surface area contributed by atoms with E-state index in [9.17, 15) is 8.42 Å². The number of halogens is 1. The topological polar surface area (TPSA) is 80.4 Å². The van der Waals surface area contributed by atoms with Gasteiger partial charge in [0, 0.05) is 11.6 Å². The molecule has 1 unspecified atom stereocenters. The van der Waals surface area contributed by atoms with Crippen LogP contribution >= 0.6 is 11.6 Å². The quantitative estimate of drug-likeness (QED) is 0.794. The highest BCUT2D eigenvalue weighted by Crippen LogP contribution is 2.17. The van der Waals surface area contributed by atoms with Crippen LogP contribution in [0.1, 0.15) is 0 Å². The van der Waals surface area contributed by atoms with Crippen LogP contribution in [-0.4, -0.2) is 25.5 Å². The standard InChI is InChI=1S/C8H10ClNO3S/c9-6-1-3-7(4-2-6)14(12,13)8(11)5-10/h1-4,8,11H,5,10H2. The molecule has 0 heterocycles. The number of benzene rings is 1. The van der Waals surface area contributed by atoms with Crippen molar-refractivity contribution < 1.29 is 13.5 Å². The molecule has 1 aromatic rings. The molecule has 0 aliphatic rings. The highest BCUT2D eigenvalue weighted by molar-refractivity contribution is 7.91. The van der Waals surface area contributed by atoms with Crippen LogP contribution in [0.15, 0.2) is 29.2 Å². The smallest absolute Gasteiger partial charge is 0.206 e. The molecule has 0 saturated carbocycles. The van der Waals surface area contributed by atoms with Gasteiger partial charge in [0.2, 0.25) is 9.84 Å². The van der Waals surface area contributed by atoms with Crippen LogP contribution < -0.4 is 5.73 Å². The number of sulfone groups is 1. The van der Waals surface area contributed by atoms with Crippen LogP contribution in [0.3, 0.4) is 0 Å². The number of aliphatic hydroxyl groups is 1. The maximum atomic E-state index is 11.5. The van der Waals surface area contributed by atoms with Crippen LogP contribution in [0.2, 0.25) is 5.02 Å². The molecule has 0 bridgehead atoms. The van der Waals surface area contributed by atoms with Gasteiger partial charge in [-0.25, -0.2) is 8.42 Å². The van der Waals surface area contributed by atoms with Gasteiger partial charge in [-0.3, -0.25) is 0 Å². The molecule has 4 nitrogen and oxygen atoms in total. The normalized spacial score (nSPS) is 13.9. The van der Waals surface area contributed by atoms with E-state index in [2.05, 4.69) is 0 Å². The zero-order valence-corrected chi connectivity index (χ0v) is 8.79. The minimum absolute atomic E-state index is 0.0138. The van der Waals surface area contributed by atoms with Gasteiger partial charge in [0.15, 0.2) is 5.44 Å². The molecular formula is C8H10ClNO3S. The summed E-state index contributed by atoms with van der Waals surface area (Å²) in [5, 5.41) is 9.60. The number of nitrogens with two attached hydrogens (primary N) is 1. The second kappa shape index (κ2) is 4.27. The molecule has 3 N–H and O–H groups in total. The van der Waals surface area contributed by atoms with E-state index in [4.69, 9.17) is 22.4 Å². The summed E-state index contributed by atoms with van der Waals surface area (Å²) >= 11 is 5.59. The Morgan fingerprint density at radius 2 is 1.86 bits per heavy atom. The Balaban J connectivity index is 3.11. The molecule has 0 aromatic heterocycles. The summed E-state index contributed by atoms with van der Waals surface area (Å²) in [6.07, 6.45) is 0. The van der Waals surface area contributed by atoms with Crippen molar-refractivity contribution in [3.05, 3.63) is 29.3 Å². The molecule has 0 fully saturated rings. The highest BCUT2D eigenvalue weighted by atomic mass is 35.5. The summed E-state index contributed by atoms with van der Waals surface area (Å²) in [6.45, 7) is -0.328. The Morgan fingerprint density at radius 3 is 2.29 bits per heavy atom. The van der Waals surface area contributed by atoms with E-state index >= 15 is 0 Å². The Hall–Kier alpha value is -0.620. The lowest BCUT2D eigenvalue weighted by atomic mass is 10.4. The number of aliphatic hydroxyl groups excluding tert-OH is 1. The van der Waals surface area contributed by atoms with Crippen LogP contribution in [0.25, 0.3) is 0 Å². The third kappa shape index (κ3) is 2.24. The van der Waals surface area contributed by atoms with E-state index in [0.29, 0.717) is 5.02 Å². The summed E-state index contributed by atoms with van der Waals surface area (Å²) in [7, 11) is -3.73. The largest absolute Gasteiger partial charge is 0.376 e. The maximum absolute atomic E-state index is 11.5. The van der Waals surface area contributed by atoms with Crippen LogP contribution in [-0.2, 0) is 9.84 Å². The van der Waals surface area contributed by atoms with Gasteiger partial charge < -0.3 is 10.8 Å². The summed E-state index contributed by atoms with van der Waals surface area (Å²) in [6, 6.07) is 5.54. The van der Waals surface area contributed by atoms with Crippen LogP contribution in [0.5, 0.6) is 0 Å². The van der Waals surface area contributed by atoms with Crippen molar-refractivity contribution in [2.45, 2.75) is 10.3 Å². The molecule has 1 atom stereocenters. The first-order chi connectivity index (χ1) is 6.48. The first-order valence-corrected chi connectivity index (χ1v) is 5.78.